The summed E-state index contributed by atoms with van der Waals surface area (Å²) in [7, 11) is 3.20. The van der Waals surface area contributed by atoms with Gasteiger partial charge < -0.3 is 10.8 Å². The molecule has 0 aliphatic carbocycles. The fourth-order valence-corrected chi connectivity index (χ4v) is 1.74. The van der Waals surface area contributed by atoms with Crippen LogP contribution in [0.15, 0.2) is 4.79 Å². The van der Waals surface area contributed by atoms with E-state index < -0.39 is 6.04 Å². The summed E-state index contributed by atoms with van der Waals surface area (Å²) in [4.78, 5) is 11.4. The van der Waals surface area contributed by atoms with Crippen LogP contribution in [-0.4, -0.2) is 20.8 Å². The third-order valence-electron chi connectivity index (χ3n) is 2.23. The highest BCUT2D eigenvalue weighted by Crippen LogP contribution is 2.20. The lowest BCUT2D eigenvalue weighted by molar-refractivity contribution is 0.275. The summed E-state index contributed by atoms with van der Waals surface area (Å²) >= 11 is 5.93. The van der Waals surface area contributed by atoms with Gasteiger partial charge in [0.15, 0.2) is 0 Å². The number of aliphatic hydroxyl groups excluding tert-OH is 1. The normalized spacial score (nSPS) is 13.2. The van der Waals surface area contributed by atoms with Crippen LogP contribution in [0, 0.1) is 0 Å². The Labute approximate surface area is 86.7 Å². The van der Waals surface area contributed by atoms with Crippen molar-refractivity contribution in [3.8, 4) is 0 Å². The Kier molecular flexibility index (Phi) is 3.36. The molecule has 0 aliphatic rings. The van der Waals surface area contributed by atoms with Crippen molar-refractivity contribution in [2.75, 3.05) is 6.61 Å². The Morgan fingerprint density at radius 2 is 2.07 bits per heavy atom. The van der Waals surface area contributed by atoms with Gasteiger partial charge in [0, 0.05) is 20.7 Å². The Morgan fingerprint density at radius 1 is 1.50 bits per heavy atom. The van der Waals surface area contributed by atoms with Gasteiger partial charge in [0.2, 0.25) is 0 Å². The van der Waals surface area contributed by atoms with Gasteiger partial charge in [0.25, 0.3) is 0 Å². The summed E-state index contributed by atoms with van der Waals surface area (Å²) in [6, 6.07) is -0.411. The van der Waals surface area contributed by atoms with E-state index in [-0.39, 0.29) is 12.3 Å². The summed E-state index contributed by atoms with van der Waals surface area (Å²) in [5, 5.41) is 9.07. The average Bonchev–Trinajstić information content (AvgIpc) is 2.32. The molecule has 14 heavy (non-hydrogen) atoms. The van der Waals surface area contributed by atoms with Crippen LogP contribution in [-0.2, 0) is 14.1 Å². The predicted molar refractivity (Wildman–Crippen MR) is 54.3 cm³/mol. The van der Waals surface area contributed by atoms with Crippen molar-refractivity contribution >= 4 is 11.6 Å². The summed E-state index contributed by atoms with van der Waals surface area (Å²) in [6.45, 7) is -0.0272. The van der Waals surface area contributed by atoms with Crippen LogP contribution < -0.4 is 11.4 Å². The SMILES string of the molecule is Cn1c(Cl)c(C(N)CCO)n(C)c1=O. The standard InChI is InChI=1S/C8H14ClN3O2/c1-11-6(5(10)3-4-13)7(9)12(2)8(11)14/h5,13H,3-4,10H2,1-2H3. The summed E-state index contributed by atoms with van der Waals surface area (Å²) < 4.78 is 2.73. The molecular formula is C8H14ClN3O2. The van der Waals surface area contributed by atoms with Crippen molar-refractivity contribution in [3.05, 3.63) is 21.3 Å². The number of aromatic nitrogens is 2. The third-order valence-corrected chi connectivity index (χ3v) is 2.68. The van der Waals surface area contributed by atoms with E-state index in [1.54, 1.807) is 14.1 Å². The van der Waals surface area contributed by atoms with Crippen LogP contribution in [0.25, 0.3) is 0 Å². The molecule has 0 aliphatic heterocycles. The lowest BCUT2D eigenvalue weighted by atomic mass is 10.2. The van der Waals surface area contributed by atoms with E-state index in [4.69, 9.17) is 22.4 Å². The number of aliphatic hydroxyl groups is 1. The zero-order chi connectivity index (χ0) is 10.9. The van der Waals surface area contributed by atoms with Gasteiger partial charge in [-0.1, -0.05) is 11.6 Å². The second-order valence-corrected chi connectivity index (χ2v) is 3.55. The topological polar surface area (TPSA) is 73.2 Å². The van der Waals surface area contributed by atoms with Crippen molar-refractivity contribution in [2.45, 2.75) is 12.5 Å². The van der Waals surface area contributed by atoms with Crippen LogP contribution in [0.2, 0.25) is 5.15 Å². The molecule has 3 N–H and O–H groups in total. The van der Waals surface area contributed by atoms with E-state index in [0.29, 0.717) is 17.3 Å². The monoisotopic (exact) mass is 219 g/mol. The van der Waals surface area contributed by atoms with Crippen molar-refractivity contribution in [2.24, 2.45) is 19.8 Å². The fourth-order valence-electron chi connectivity index (χ4n) is 1.40. The molecule has 1 aromatic heterocycles. The van der Waals surface area contributed by atoms with Gasteiger partial charge in [0.05, 0.1) is 11.7 Å². The molecule has 0 fully saturated rings. The second-order valence-electron chi connectivity index (χ2n) is 3.20. The lowest BCUT2D eigenvalue weighted by Gasteiger charge is -2.10. The van der Waals surface area contributed by atoms with Gasteiger partial charge in [-0.05, 0) is 6.42 Å². The van der Waals surface area contributed by atoms with Crippen LogP contribution in [0.3, 0.4) is 0 Å². The number of halogens is 1. The highest BCUT2D eigenvalue weighted by molar-refractivity contribution is 6.30. The molecule has 0 aromatic carbocycles. The third kappa shape index (κ3) is 1.70. The maximum absolute atomic E-state index is 11.4. The van der Waals surface area contributed by atoms with Crippen LogP contribution in [0.1, 0.15) is 18.2 Å². The zero-order valence-electron chi connectivity index (χ0n) is 8.20. The first kappa shape index (κ1) is 11.3. The number of hydrogen-bond acceptors (Lipinski definition) is 3. The summed E-state index contributed by atoms with van der Waals surface area (Å²) in [6.07, 6.45) is 0.386. The number of rotatable bonds is 3. The van der Waals surface area contributed by atoms with E-state index in [9.17, 15) is 4.79 Å². The van der Waals surface area contributed by atoms with E-state index in [1.165, 1.54) is 9.13 Å². The van der Waals surface area contributed by atoms with Crippen molar-refractivity contribution in [3.63, 3.8) is 0 Å². The smallest absolute Gasteiger partial charge is 0.329 e. The van der Waals surface area contributed by atoms with E-state index in [1.807, 2.05) is 0 Å². The molecule has 5 nitrogen and oxygen atoms in total. The number of hydrogen-bond donors (Lipinski definition) is 2. The summed E-state index contributed by atoms with van der Waals surface area (Å²) in [5.74, 6) is 0. The van der Waals surface area contributed by atoms with Crippen molar-refractivity contribution < 1.29 is 5.11 Å². The molecule has 1 aromatic rings. The van der Waals surface area contributed by atoms with E-state index in [2.05, 4.69) is 0 Å². The Morgan fingerprint density at radius 3 is 2.43 bits per heavy atom. The first-order valence-corrected chi connectivity index (χ1v) is 4.66. The second kappa shape index (κ2) is 4.16. The van der Waals surface area contributed by atoms with Gasteiger partial charge in [-0.25, -0.2) is 4.79 Å². The molecule has 6 heteroatoms. The molecule has 0 amide bonds. The molecule has 1 heterocycles. The molecule has 1 atom stereocenters. The highest BCUT2D eigenvalue weighted by Gasteiger charge is 2.18. The lowest BCUT2D eigenvalue weighted by Crippen LogP contribution is -2.23. The molecule has 0 radical (unpaired) electrons. The van der Waals surface area contributed by atoms with Crippen molar-refractivity contribution in [1.82, 2.24) is 9.13 Å². The van der Waals surface area contributed by atoms with Gasteiger partial charge in [-0.2, -0.15) is 0 Å². The van der Waals surface area contributed by atoms with Gasteiger partial charge in [0.1, 0.15) is 5.15 Å². The minimum absolute atomic E-state index is 0.0272. The van der Waals surface area contributed by atoms with Crippen LogP contribution in [0.5, 0.6) is 0 Å². The largest absolute Gasteiger partial charge is 0.396 e. The molecule has 0 bridgehead atoms. The number of nitrogens with zero attached hydrogens (tertiary/aromatic N) is 2. The molecule has 80 valence electrons. The molecule has 0 saturated carbocycles. The fraction of sp³-hybridized carbons (Fsp3) is 0.625. The van der Waals surface area contributed by atoms with Crippen LogP contribution >= 0.6 is 11.6 Å². The zero-order valence-corrected chi connectivity index (χ0v) is 8.95. The van der Waals surface area contributed by atoms with E-state index in [0.717, 1.165) is 0 Å². The summed E-state index contributed by atoms with van der Waals surface area (Å²) in [5.41, 5.74) is 6.13. The highest BCUT2D eigenvalue weighted by atomic mass is 35.5. The Hall–Kier alpha value is -0.780. The Bertz CT molecular complexity index is 383. The predicted octanol–water partition coefficient (Wildman–Crippen LogP) is -0.241. The quantitative estimate of drug-likeness (QED) is 0.737. The van der Waals surface area contributed by atoms with Gasteiger partial charge in [-0.3, -0.25) is 9.13 Å². The first-order chi connectivity index (χ1) is 6.50. The molecule has 0 saturated heterocycles. The molecule has 0 spiro atoms. The number of imidazole rings is 1. The minimum atomic E-state index is -0.411. The van der Waals surface area contributed by atoms with Crippen LogP contribution in [0.4, 0.5) is 0 Å². The van der Waals surface area contributed by atoms with Gasteiger partial charge >= 0.3 is 5.69 Å². The average molecular weight is 220 g/mol. The Balaban J connectivity index is 3.21. The molecule has 1 unspecified atom stereocenters. The maximum Gasteiger partial charge on any atom is 0.329 e. The minimum Gasteiger partial charge on any atom is -0.396 e. The van der Waals surface area contributed by atoms with Gasteiger partial charge in [-0.15, -0.1) is 0 Å². The molecular weight excluding hydrogens is 206 g/mol. The number of nitrogens with two attached hydrogens (primary N) is 1. The van der Waals surface area contributed by atoms with Crippen molar-refractivity contribution in [1.29, 1.82) is 0 Å². The first-order valence-electron chi connectivity index (χ1n) is 4.28. The maximum atomic E-state index is 11.4. The molecule has 1 rings (SSSR count). The van der Waals surface area contributed by atoms with E-state index >= 15 is 0 Å².